The molecule has 2 rings (SSSR count). The molecule has 1 heterocycles. The van der Waals surface area contributed by atoms with Crippen molar-refractivity contribution in [2.75, 3.05) is 30.9 Å². The first-order valence-corrected chi connectivity index (χ1v) is 11.5. The van der Waals surface area contributed by atoms with Gasteiger partial charge in [-0.1, -0.05) is 0 Å². The lowest BCUT2D eigenvalue weighted by molar-refractivity contribution is -0.157. The lowest BCUT2D eigenvalue weighted by Gasteiger charge is -2.29. The fourth-order valence-corrected chi connectivity index (χ4v) is 5.36. The van der Waals surface area contributed by atoms with Crippen molar-refractivity contribution < 1.29 is 27.5 Å². The lowest BCUT2D eigenvalue weighted by Crippen LogP contribution is -2.46. The van der Waals surface area contributed by atoms with Crippen molar-refractivity contribution in [3.05, 3.63) is 24.3 Å². The second-order valence-electron chi connectivity index (χ2n) is 6.28. The van der Waals surface area contributed by atoms with E-state index in [0.29, 0.717) is 13.0 Å². The van der Waals surface area contributed by atoms with E-state index in [1.807, 2.05) is 12.1 Å². The van der Waals surface area contributed by atoms with Crippen LogP contribution in [0.1, 0.15) is 20.3 Å². The zero-order chi connectivity index (χ0) is 20.0. The Hall–Kier alpha value is -1.74. The molecule has 7 nitrogen and oxygen atoms in total. The molecule has 1 aliphatic rings. The van der Waals surface area contributed by atoms with Crippen molar-refractivity contribution in [1.29, 1.82) is 0 Å². The van der Waals surface area contributed by atoms with Crippen molar-refractivity contribution in [3.8, 4) is 5.75 Å². The highest BCUT2D eigenvalue weighted by atomic mass is 32.2. The summed E-state index contributed by atoms with van der Waals surface area (Å²) in [6.45, 7) is 3.68. The Labute approximate surface area is 164 Å². The van der Waals surface area contributed by atoms with Crippen LogP contribution in [0.25, 0.3) is 0 Å². The Balaban J connectivity index is 1.85. The van der Waals surface area contributed by atoms with Gasteiger partial charge in [0.2, 0.25) is 0 Å². The first-order valence-electron chi connectivity index (χ1n) is 8.73. The smallest absolute Gasteiger partial charge is 0.317 e. The SMILES string of the molecule is CCN(C(=O)[C@H](C)OC(=O)CSc1ccc(OC)cc1)[C@@H]1CCS(=O)(=O)C1. The van der Waals surface area contributed by atoms with E-state index in [4.69, 9.17) is 9.47 Å². The molecule has 0 radical (unpaired) electrons. The van der Waals surface area contributed by atoms with Gasteiger partial charge in [0.05, 0.1) is 24.4 Å². The molecule has 1 fully saturated rings. The summed E-state index contributed by atoms with van der Waals surface area (Å²) in [5.74, 6) is 0.0200. The summed E-state index contributed by atoms with van der Waals surface area (Å²) in [5.41, 5.74) is 0. The lowest BCUT2D eigenvalue weighted by atomic mass is 10.2. The van der Waals surface area contributed by atoms with Gasteiger partial charge in [0.15, 0.2) is 15.9 Å². The summed E-state index contributed by atoms with van der Waals surface area (Å²) in [6, 6.07) is 6.93. The number of methoxy groups -OCH3 is 1. The van der Waals surface area contributed by atoms with E-state index in [-0.39, 0.29) is 29.2 Å². The van der Waals surface area contributed by atoms with Crippen LogP contribution in [0.4, 0.5) is 0 Å². The maximum atomic E-state index is 12.6. The summed E-state index contributed by atoms with van der Waals surface area (Å²) in [7, 11) is -1.51. The quantitative estimate of drug-likeness (QED) is 0.472. The molecular formula is C18H25NO6S2. The van der Waals surface area contributed by atoms with E-state index >= 15 is 0 Å². The highest BCUT2D eigenvalue weighted by Crippen LogP contribution is 2.22. The van der Waals surface area contributed by atoms with Crippen LogP contribution >= 0.6 is 11.8 Å². The molecule has 1 aliphatic heterocycles. The maximum Gasteiger partial charge on any atom is 0.317 e. The van der Waals surface area contributed by atoms with Crippen LogP contribution in [0.15, 0.2) is 29.2 Å². The molecule has 2 atom stereocenters. The molecule has 1 aromatic carbocycles. The highest BCUT2D eigenvalue weighted by molar-refractivity contribution is 8.00. The molecular weight excluding hydrogens is 390 g/mol. The summed E-state index contributed by atoms with van der Waals surface area (Å²) < 4.78 is 33.6. The zero-order valence-electron chi connectivity index (χ0n) is 15.7. The standard InChI is InChI=1S/C18H25NO6S2/c1-4-19(14-9-10-27(22,23)12-14)18(21)13(2)25-17(20)11-26-16-7-5-15(24-3)6-8-16/h5-8,13-14H,4,9-12H2,1-3H3/t13-,14+/m0/s1. The van der Waals surface area contributed by atoms with Crippen LogP contribution < -0.4 is 4.74 Å². The average molecular weight is 416 g/mol. The molecule has 0 bridgehead atoms. The maximum absolute atomic E-state index is 12.6. The Morgan fingerprint density at radius 1 is 1.30 bits per heavy atom. The topological polar surface area (TPSA) is 90.0 Å². The molecule has 1 saturated heterocycles. The third-order valence-electron chi connectivity index (χ3n) is 4.35. The predicted molar refractivity (Wildman–Crippen MR) is 104 cm³/mol. The number of nitrogens with zero attached hydrogens (tertiary/aromatic N) is 1. The Bertz CT molecular complexity index is 763. The Morgan fingerprint density at radius 3 is 2.48 bits per heavy atom. The molecule has 0 N–H and O–H groups in total. The number of thioether (sulfide) groups is 1. The van der Waals surface area contributed by atoms with Gasteiger partial charge in [-0.3, -0.25) is 9.59 Å². The van der Waals surface area contributed by atoms with Crippen LogP contribution in [-0.2, 0) is 24.2 Å². The zero-order valence-corrected chi connectivity index (χ0v) is 17.3. The number of carbonyl (C=O) groups is 2. The third-order valence-corrected chi connectivity index (χ3v) is 7.08. The number of carbonyl (C=O) groups excluding carboxylic acids is 2. The number of ether oxygens (including phenoxy) is 2. The van der Waals surface area contributed by atoms with Crippen molar-refractivity contribution in [3.63, 3.8) is 0 Å². The van der Waals surface area contributed by atoms with Gasteiger partial charge >= 0.3 is 5.97 Å². The largest absolute Gasteiger partial charge is 0.497 e. The minimum absolute atomic E-state index is 0.0272. The molecule has 0 spiro atoms. The van der Waals surface area contributed by atoms with Gasteiger partial charge in [-0.15, -0.1) is 11.8 Å². The molecule has 0 aliphatic carbocycles. The van der Waals surface area contributed by atoms with E-state index in [0.717, 1.165) is 10.6 Å². The summed E-state index contributed by atoms with van der Waals surface area (Å²) in [6.07, 6.45) is -0.521. The number of esters is 1. The summed E-state index contributed by atoms with van der Waals surface area (Å²) in [5, 5.41) is 0. The fourth-order valence-electron chi connectivity index (χ4n) is 2.94. The first kappa shape index (κ1) is 21.6. The number of rotatable bonds is 8. The van der Waals surface area contributed by atoms with Gasteiger partial charge in [-0.05, 0) is 44.5 Å². The van der Waals surface area contributed by atoms with Crippen molar-refractivity contribution in [1.82, 2.24) is 4.90 Å². The molecule has 1 amide bonds. The second kappa shape index (κ2) is 9.45. The van der Waals surface area contributed by atoms with E-state index in [1.54, 1.807) is 26.2 Å². The average Bonchev–Trinajstić information content (AvgIpc) is 3.00. The van der Waals surface area contributed by atoms with Crippen LogP contribution in [0, 0.1) is 0 Å². The molecule has 9 heteroatoms. The minimum atomic E-state index is -3.09. The minimum Gasteiger partial charge on any atom is -0.497 e. The third kappa shape index (κ3) is 6.14. The van der Waals surface area contributed by atoms with Gasteiger partial charge in [0, 0.05) is 17.5 Å². The predicted octanol–water partition coefficient (Wildman–Crippen LogP) is 1.75. The van der Waals surface area contributed by atoms with Crippen LogP contribution in [0.3, 0.4) is 0 Å². The second-order valence-corrected chi connectivity index (χ2v) is 9.55. The Kier molecular flexibility index (Phi) is 7.55. The molecule has 0 unspecified atom stereocenters. The molecule has 150 valence electrons. The van der Waals surface area contributed by atoms with Gasteiger partial charge in [0.25, 0.3) is 5.91 Å². The van der Waals surface area contributed by atoms with Gasteiger partial charge in [-0.2, -0.15) is 0 Å². The highest BCUT2D eigenvalue weighted by Gasteiger charge is 2.36. The van der Waals surface area contributed by atoms with Crippen molar-refractivity contribution in [2.24, 2.45) is 0 Å². The van der Waals surface area contributed by atoms with Crippen molar-refractivity contribution >= 4 is 33.5 Å². The normalized spacial score (nSPS) is 19.3. The van der Waals surface area contributed by atoms with Crippen LogP contribution in [-0.4, -0.2) is 68.3 Å². The summed E-state index contributed by atoms with van der Waals surface area (Å²) >= 11 is 1.31. The van der Waals surface area contributed by atoms with E-state index in [9.17, 15) is 18.0 Å². The van der Waals surface area contributed by atoms with E-state index in [1.165, 1.54) is 23.6 Å². The molecule has 27 heavy (non-hydrogen) atoms. The monoisotopic (exact) mass is 415 g/mol. The number of hydrogen-bond donors (Lipinski definition) is 0. The summed E-state index contributed by atoms with van der Waals surface area (Å²) in [4.78, 5) is 27.0. The molecule has 0 saturated carbocycles. The van der Waals surface area contributed by atoms with Crippen molar-refractivity contribution in [2.45, 2.75) is 37.3 Å². The Morgan fingerprint density at radius 2 is 1.96 bits per heavy atom. The number of likely N-dealkylation sites (N-methyl/N-ethyl adjacent to an activating group) is 1. The van der Waals surface area contributed by atoms with Crippen LogP contribution in [0.2, 0.25) is 0 Å². The fraction of sp³-hybridized carbons (Fsp3) is 0.556. The first-order chi connectivity index (χ1) is 12.8. The van der Waals surface area contributed by atoms with Crippen LogP contribution in [0.5, 0.6) is 5.75 Å². The van der Waals surface area contributed by atoms with Gasteiger partial charge < -0.3 is 14.4 Å². The number of hydrogen-bond acceptors (Lipinski definition) is 7. The van der Waals surface area contributed by atoms with Gasteiger partial charge in [-0.25, -0.2) is 8.42 Å². The van der Waals surface area contributed by atoms with E-state index < -0.39 is 21.9 Å². The number of sulfone groups is 1. The number of benzene rings is 1. The number of amides is 1. The van der Waals surface area contributed by atoms with E-state index in [2.05, 4.69) is 0 Å². The van der Waals surface area contributed by atoms with Gasteiger partial charge in [0.1, 0.15) is 5.75 Å². The molecule has 1 aromatic rings. The molecule has 0 aromatic heterocycles.